The molecule has 0 saturated carbocycles. The Hall–Kier alpha value is -6.30. The zero-order valence-corrected chi connectivity index (χ0v) is 30.1. The second kappa shape index (κ2) is 15.9. The van der Waals surface area contributed by atoms with Crippen LogP contribution in [0.1, 0.15) is 96.4 Å². The summed E-state index contributed by atoms with van der Waals surface area (Å²) in [7, 11) is 0. The van der Waals surface area contributed by atoms with Crippen LogP contribution in [0.25, 0.3) is 0 Å². The van der Waals surface area contributed by atoms with Gasteiger partial charge in [-0.05, 0) is 90.4 Å². The number of carboxylic acids is 3. The average molecular weight is 725 g/mol. The highest BCUT2D eigenvalue weighted by Gasteiger charge is 2.35. The normalized spacial score (nSPS) is 11.4. The Kier molecular flexibility index (Phi) is 11.9. The number of aryl methyl sites for hydroxylation is 3. The fourth-order valence-corrected chi connectivity index (χ4v) is 6.48. The van der Waals surface area contributed by atoms with Crippen molar-refractivity contribution in [3.63, 3.8) is 0 Å². The molecule has 0 atom stereocenters. The number of hydrogen-bond donors (Lipinski definition) is 3. The number of carboxylic acid groups (broad SMARTS) is 3. The lowest BCUT2D eigenvalue weighted by Gasteiger charge is -2.34. The van der Waals surface area contributed by atoms with Gasteiger partial charge in [-0.15, -0.1) is 0 Å². The van der Waals surface area contributed by atoms with E-state index in [-0.39, 0.29) is 33.9 Å². The van der Waals surface area contributed by atoms with Crippen LogP contribution >= 0.6 is 0 Å². The lowest BCUT2D eigenvalue weighted by atomic mass is 9.68. The molecule has 276 valence electrons. The first-order chi connectivity index (χ1) is 25.0. The van der Waals surface area contributed by atoms with Gasteiger partial charge >= 0.3 is 17.9 Å². The van der Waals surface area contributed by atoms with Crippen LogP contribution in [0.3, 0.4) is 0 Å². The van der Waals surface area contributed by atoms with Crippen molar-refractivity contribution in [3.05, 3.63) is 122 Å². The topological polar surface area (TPSA) is 191 Å². The molecule has 0 aromatic heterocycles. The Balaban J connectivity index is 1.91. The van der Waals surface area contributed by atoms with Crippen LogP contribution in [0.4, 0.5) is 0 Å². The smallest absolute Gasteiger partial charge is 0.341 e. The van der Waals surface area contributed by atoms with E-state index in [0.717, 1.165) is 16.7 Å². The minimum atomic E-state index is -1.21. The van der Waals surface area contributed by atoms with Crippen LogP contribution in [0.2, 0.25) is 0 Å². The van der Waals surface area contributed by atoms with Gasteiger partial charge in [0.15, 0.2) is 38.7 Å². The van der Waals surface area contributed by atoms with E-state index in [0.29, 0.717) is 46.7 Å². The molecular formula is C41H40O12. The van der Waals surface area contributed by atoms with Crippen LogP contribution in [-0.2, 0) is 25.2 Å². The third-order valence-corrected chi connectivity index (χ3v) is 9.37. The summed E-state index contributed by atoms with van der Waals surface area (Å²) in [5, 5.41) is 27.5. The summed E-state index contributed by atoms with van der Waals surface area (Å²) in [5.74, 6) is -3.14. The fourth-order valence-electron chi connectivity index (χ4n) is 6.48. The van der Waals surface area contributed by atoms with E-state index >= 15 is 0 Å². The third kappa shape index (κ3) is 8.27. The minimum absolute atomic E-state index is 0.121. The van der Waals surface area contributed by atoms with Crippen molar-refractivity contribution in [3.8, 4) is 17.2 Å². The van der Waals surface area contributed by atoms with Crippen LogP contribution in [0.15, 0.2) is 60.7 Å². The molecule has 4 aromatic rings. The highest BCUT2D eigenvalue weighted by atomic mass is 16.5. The van der Waals surface area contributed by atoms with E-state index in [1.807, 2.05) is 51.1 Å². The second-order valence-corrected chi connectivity index (χ2v) is 13.4. The molecular weight excluding hydrogens is 684 g/mol. The number of rotatable bonds is 17. The molecule has 0 heterocycles. The number of aliphatic carboxylic acids is 3. The van der Waals surface area contributed by atoms with Crippen molar-refractivity contribution in [1.29, 1.82) is 0 Å². The Morgan fingerprint density at radius 2 is 0.811 bits per heavy atom. The van der Waals surface area contributed by atoms with Crippen LogP contribution in [-0.4, -0.2) is 71.9 Å². The maximum absolute atomic E-state index is 12.4. The molecule has 0 fully saturated rings. The van der Waals surface area contributed by atoms with Crippen LogP contribution in [0.5, 0.6) is 17.2 Å². The largest absolute Gasteiger partial charge is 0.481 e. The number of aldehydes is 3. The van der Waals surface area contributed by atoms with Crippen molar-refractivity contribution in [2.45, 2.75) is 52.4 Å². The molecule has 0 unspecified atom stereocenters. The van der Waals surface area contributed by atoms with Crippen molar-refractivity contribution in [1.82, 2.24) is 0 Å². The van der Waals surface area contributed by atoms with E-state index < -0.39 is 48.6 Å². The summed E-state index contributed by atoms with van der Waals surface area (Å²) in [4.78, 5) is 70.4. The van der Waals surface area contributed by atoms with Gasteiger partial charge in [0.05, 0.1) is 16.7 Å². The first-order valence-corrected chi connectivity index (χ1v) is 16.4. The Morgan fingerprint density at radius 3 is 1.13 bits per heavy atom. The zero-order chi connectivity index (χ0) is 39.2. The molecule has 0 amide bonds. The molecule has 3 N–H and O–H groups in total. The Labute approximate surface area is 305 Å². The summed E-state index contributed by atoms with van der Waals surface area (Å²) in [5.41, 5.74) is 3.96. The maximum atomic E-state index is 12.4. The summed E-state index contributed by atoms with van der Waals surface area (Å²) >= 11 is 0. The van der Waals surface area contributed by atoms with Crippen LogP contribution < -0.4 is 14.2 Å². The predicted octanol–water partition coefficient (Wildman–Crippen LogP) is 6.12. The molecule has 0 saturated heterocycles. The van der Waals surface area contributed by atoms with Crippen molar-refractivity contribution >= 4 is 36.8 Å². The highest BCUT2D eigenvalue weighted by Crippen LogP contribution is 2.44. The number of carbonyl (C=O) groups excluding carboxylic acids is 3. The molecule has 12 heteroatoms. The molecule has 12 nitrogen and oxygen atoms in total. The summed E-state index contributed by atoms with van der Waals surface area (Å²) in [6, 6.07) is 18.0. The molecule has 53 heavy (non-hydrogen) atoms. The lowest BCUT2D eigenvalue weighted by Crippen LogP contribution is -2.27. The molecule has 0 radical (unpaired) electrons. The van der Waals surface area contributed by atoms with E-state index in [4.69, 9.17) is 19.3 Å². The first-order valence-electron chi connectivity index (χ1n) is 16.4. The number of hydrogen-bond acceptors (Lipinski definition) is 9. The van der Waals surface area contributed by atoms with Crippen molar-refractivity contribution in [2.24, 2.45) is 0 Å². The average Bonchev–Trinajstić information content (AvgIpc) is 3.11. The summed E-state index contributed by atoms with van der Waals surface area (Å²) in [6.07, 6.45) is 1.79. The minimum Gasteiger partial charge on any atom is -0.481 e. The second-order valence-electron chi connectivity index (χ2n) is 13.4. The van der Waals surface area contributed by atoms with Gasteiger partial charge in [0.1, 0.15) is 17.2 Å². The highest BCUT2D eigenvalue weighted by molar-refractivity contribution is 5.84. The molecule has 4 aromatic carbocycles. The quantitative estimate of drug-likeness (QED) is 0.0837. The number of benzene rings is 4. The van der Waals surface area contributed by atoms with Gasteiger partial charge in [-0.2, -0.15) is 0 Å². The van der Waals surface area contributed by atoms with Gasteiger partial charge in [-0.1, -0.05) is 56.3 Å². The van der Waals surface area contributed by atoms with Gasteiger partial charge in [0.2, 0.25) is 0 Å². The van der Waals surface area contributed by atoms with Gasteiger partial charge in [0.25, 0.3) is 0 Å². The summed E-state index contributed by atoms with van der Waals surface area (Å²) < 4.78 is 16.3. The van der Waals surface area contributed by atoms with Crippen LogP contribution in [0, 0.1) is 20.8 Å². The van der Waals surface area contributed by atoms with Gasteiger partial charge in [0, 0.05) is 10.8 Å². The van der Waals surface area contributed by atoms with E-state index in [9.17, 15) is 39.0 Å². The Morgan fingerprint density at radius 1 is 0.509 bits per heavy atom. The van der Waals surface area contributed by atoms with Crippen molar-refractivity contribution < 1.29 is 58.3 Å². The molecule has 4 rings (SSSR count). The molecule has 0 bridgehead atoms. The number of carbonyl (C=O) groups is 6. The first kappa shape index (κ1) is 39.5. The molecule has 0 spiro atoms. The zero-order valence-electron chi connectivity index (χ0n) is 30.1. The van der Waals surface area contributed by atoms with E-state index in [1.165, 1.54) is 0 Å². The standard InChI is InChI=1S/C41H40O12/c1-23-11-31(14-26(17-42)37(23)51-20-34(45)46)40(4,5)29-7-9-30(10-8-29)41(6,32-12-24(2)38(27(15-32)18-43)52-21-35(47)48)33-13-25(3)39(28(16-33)19-44)53-22-36(49)50/h7-19H,20-22H2,1-6H3,(H,45,46)(H,47,48)(H,49,50). The molecule has 0 aliphatic heterocycles. The lowest BCUT2D eigenvalue weighted by molar-refractivity contribution is -0.140. The monoisotopic (exact) mass is 724 g/mol. The van der Waals surface area contributed by atoms with Gasteiger partial charge in [-0.25, -0.2) is 14.4 Å². The summed E-state index contributed by atoms with van der Waals surface area (Å²) in [6.45, 7) is 9.09. The molecule has 0 aliphatic carbocycles. The fraction of sp³-hybridized carbons (Fsp3) is 0.268. The van der Waals surface area contributed by atoms with Gasteiger partial charge < -0.3 is 29.5 Å². The predicted molar refractivity (Wildman–Crippen MR) is 193 cm³/mol. The van der Waals surface area contributed by atoms with E-state index in [2.05, 4.69) is 0 Å². The Bertz CT molecular complexity index is 2010. The molecule has 0 aliphatic rings. The maximum Gasteiger partial charge on any atom is 0.341 e. The van der Waals surface area contributed by atoms with Crippen molar-refractivity contribution in [2.75, 3.05) is 19.8 Å². The SMILES string of the molecule is Cc1cc(C(C)(C)c2ccc(C(C)(c3cc(C)c(OCC(=O)O)c(C=O)c3)c3cc(C)c(OCC(=O)O)c(C=O)c3)cc2)cc(C=O)c1OCC(=O)O. The van der Waals surface area contributed by atoms with Gasteiger partial charge in [-0.3, -0.25) is 14.4 Å². The number of ether oxygens (including phenoxy) is 3. The third-order valence-electron chi connectivity index (χ3n) is 9.37. The van der Waals surface area contributed by atoms with E-state index in [1.54, 1.807) is 51.1 Å².